The van der Waals surface area contributed by atoms with E-state index in [4.69, 9.17) is 21.3 Å². The van der Waals surface area contributed by atoms with Crippen LogP contribution >= 0.6 is 11.6 Å². The Hall–Kier alpha value is -1.62. The molecule has 2 atom stereocenters. The second kappa shape index (κ2) is 6.94. The molecule has 6 nitrogen and oxygen atoms in total. The Balaban J connectivity index is 2.27. The fourth-order valence-electron chi connectivity index (χ4n) is 2.65. The molecule has 0 spiro atoms. The Bertz CT molecular complexity index is 712. The molecule has 136 valence electrons. The van der Waals surface area contributed by atoms with Gasteiger partial charge in [0.05, 0.1) is 16.7 Å². The highest BCUT2D eigenvalue weighted by molar-refractivity contribution is 6.74. The lowest BCUT2D eigenvalue weighted by Crippen LogP contribution is -2.44. The highest BCUT2D eigenvalue weighted by Gasteiger charge is 2.45. The van der Waals surface area contributed by atoms with Crippen LogP contribution in [0.3, 0.4) is 0 Å². The minimum Gasteiger partial charge on any atom is -0.480 e. The van der Waals surface area contributed by atoms with Crippen LogP contribution in [0.5, 0.6) is 0 Å². The highest BCUT2D eigenvalue weighted by Crippen LogP contribution is 2.40. The summed E-state index contributed by atoms with van der Waals surface area (Å²) in [5.41, 5.74) is 0.342. The summed E-state index contributed by atoms with van der Waals surface area (Å²) >= 11 is 6.23. The number of aliphatic carboxylic acids is 1. The number of carbonyl (C=O) groups is 1. The van der Waals surface area contributed by atoms with Gasteiger partial charge in [0.2, 0.25) is 0 Å². The fourth-order valence-corrected chi connectivity index (χ4v) is 4.28. The van der Waals surface area contributed by atoms with Crippen LogP contribution in [0.4, 0.5) is 5.82 Å². The molecule has 8 heteroatoms. The summed E-state index contributed by atoms with van der Waals surface area (Å²) in [6.45, 7) is 11.2. The van der Waals surface area contributed by atoms with Gasteiger partial charge in [-0.05, 0) is 24.2 Å². The van der Waals surface area contributed by atoms with E-state index in [-0.39, 0.29) is 16.2 Å². The molecule has 1 fully saturated rings. The van der Waals surface area contributed by atoms with Gasteiger partial charge in [0.25, 0.3) is 0 Å². The molecule has 0 bridgehead atoms. The largest absolute Gasteiger partial charge is 0.480 e. The maximum Gasteiger partial charge on any atom is 0.326 e. The molecule has 0 aliphatic carbocycles. The second-order valence-electron chi connectivity index (χ2n) is 7.88. The van der Waals surface area contributed by atoms with E-state index in [0.717, 1.165) is 0 Å². The molecule has 1 aliphatic heterocycles. The number of aromatic nitrogens is 1. The first-order valence-electron chi connectivity index (χ1n) is 8.19. The lowest BCUT2D eigenvalue weighted by Gasteiger charge is -2.38. The van der Waals surface area contributed by atoms with Crippen LogP contribution in [-0.2, 0) is 9.22 Å². The van der Waals surface area contributed by atoms with Crippen molar-refractivity contribution < 1.29 is 14.3 Å². The van der Waals surface area contributed by atoms with Crippen molar-refractivity contribution in [2.24, 2.45) is 0 Å². The van der Waals surface area contributed by atoms with Crippen LogP contribution in [0.15, 0.2) is 12.3 Å². The number of hydrogen-bond donors (Lipinski definition) is 1. The van der Waals surface area contributed by atoms with E-state index < -0.39 is 20.3 Å². The Morgan fingerprint density at radius 2 is 2.16 bits per heavy atom. The number of nitrogens with zero attached hydrogens (tertiary/aromatic N) is 3. The third-order valence-electron chi connectivity index (χ3n) is 5.04. The number of hydrogen-bond acceptors (Lipinski definition) is 5. The third kappa shape index (κ3) is 4.14. The fraction of sp³-hybridized carbons (Fsp3) is 0.588. The van der Waals surface area contributed by atoms with Crippen molar-refractivity contribution in [3.63, 3.8) is 0 Å². The highest BCUT2D eigenvalue weighted by atomic mass is 35.5. The van der Waals surface area contributed by atoms with E-state index in [2.05, 4.69) is 38.8 Å². The maximum atomic E-state index is 11.7. The van der Waals surface area contributed by atoms with E-state index in [1.54, 1.807) is 4.90 Å². The Labute approximate surface area is 154 Å². The predicted octanol–water partition coefficient (Wildman–Crippen LogP) is 3.66. The van der Waals surface area contributed by atoms with E-state index in [1.165, 1.54) is 12.3 Å². The van der Waals surface area contributed by atoms with Crippen molar-refractivity contribution in [3.8, 4) is 6.07 Å². The maximum absolute atomic E-state index is 11.7. The number of anilines is 1. The Morgan fingerprint density at radius 1 is 1.52 bits per heavy atom. The predicted molar refractivity (Wildman–Crippen MR) is 99.4 cm³/mol. The van der Waals surface area contributed by atoms with Gasteiger partial charge in [-0.2, -0.15) is 5.26 Å². The summed E-state index contributed by atoms with van der Waals surface area (Å²) in [5.74, 6) is -0.544. The van der Waals surface area contributed by atoms with Crippen LogP contribution in [-0.4, -0.2) is 43.1 Å². The first-order valence-corrected chi connectivity index (χ1v) is 11.5. The molecule has 0 saturated carbocycles. The van der Waals surface area contributed by atoms with Gasteiger partial charge in [0, 0.05) is 19.2 Å². The van der Waals surface area contributed by atoms with Crippen molar-refractivity contribution in [2.75, 3.05) is 11.4 Å². The number of halogens is 1. The van der Waals surface area contributed by atoms with Gasteiger partial charge >= 0.3 is 5.97 Å². The number of pyridine rings is 1. The summed E-state index contributed by atoms with van der Waals surface area (Å²) in [5, 5.41) is 18.9. The Morgan fingerprint density at radius 3 is 2.64 bits per heavy atom. The van der Waals surface area contributed by atoms with Crippen molar-refractivity contribution in [1.29, 1.82) is 5.26 Å². The third-order valence-corrected chi connectivity index (χ3v) is 9.85. The van der Waals surface area contributed by atoms with E-state index in [9.17, 15) is 9.90 Å². The summed E-state index contributed by atoms with van der Waals surface area (Å²) in [4.78, 5) is 17.6. The van der Waals surface area contributed by atoms with Crippen LogP contribution in [0, 0.1) is 11.3 Å². The molecule has 25 heavy (non-hydrogen) atoms. The van der Waals surface area contributed by atoms with Crippen LogP contribution in [0.1, 0.15) is 32.8 Å². The van der Waals surface area contributed by atoms with Gasteiger partial charge in [0.1, 0.15) is 17.9 Å². The lowest BCUT2D eigenvalue weighted by atomic mass is 10.2. The van der Waals surface area contributed by atoms with Gasteiger partial charge in [-0.25, -0.2) is 9.78 Å². The molecule has 1 saturated heterocycles. The van der Waals surface area contributed by atoms with Crippen LogP contribution in [0.25, 0.3) is 0 Å². The van der Waals surface area contributed by atoms with E-state index in [1.807, 2.05) is 6.07 Å². The molecule has 2 rings (SSSR count). The number of carboxylic acids is 1. The molecule has 1 aliphatic rings. The van der Waals surface area contributed by atoms with Gasteiger partial charge < -0.3 is 14.4 Å². The molecule has 1 N–H and O–H groups in total. The molecule has 0 radical (unpaired) electrons. The van der Waals surface area contributed by atoms with Crippen molar-refractivity contribution in [2.45, 2.75) is 57.5 Å². The zero-order valence-electron chi connectivity index (χ0n) is 15.2. The lowest BCUT2D eigenvalue weighted by molar-refractivity contribution is -0.138. The summed E-state index contributed by atoms with van der Waals surface area (Å²) in [6.07, 6.45) is 1.61. The minimum absolute atomic E-state index is 0.0451. The van der Waals surface area contributed by atoms with Gasteiger partial charge in [0.15, 0.2) is 8.32 Å². The quantitative estimate of drug-likeness (QED) is 0.801. The molecule has 1 aromatic rings. The normalized spacial score (nSPS) is 21.2. The monoisotopic (exact) mass is 381 g/mol. The van der Waals surface area contributed by atoms with Crippen molar-refractivity contribution >= 4 is 31.7 Å². The van der Waals surface area contributed by atoms with Crippen molar-refractivity contribution in [1.82, 2.24) is 4.98 Å². The first kappa shape index (κ1) is 19.7. The molecule has 0 unspecified atom stereocenters. The molecule has 1 aromatic heterocycles. The van der Waals surface area contributed by atoms with Gasteiger partial charge in [-0.3, -0.25) is 0 Å². The number of rotatable bonds is 4. The molecule has 0 amide bonds. The first-order chi connectivity index (χ1) is 11.5. The molecule has 0 aromatic carbocycles. The van der Waals surface area contributed by atoms with Crippen LogP contribution in [0.2, 0.25) is 23.2 Å². The van der Waals surface area contributed by atoms with Gasteiger partial charge in [-0.1, -0.05) is 32.4 Å². The summed E-state index contributed by atoms with van der Waals surface area (Å²) in [6, 6.07) is 2.74. The zero-order chi connectivity index (χ0) is 19.0. The number of nitriles is 1. The molecule has 2 heterocycles. The van der Waals surface area contributed by atoms with Crippen LogP contribution < -0.4 is 4.90 Å². The average molecular weight is 382 g/mol. The SMILES string of the molecule is CC(C)(C)[Si](C)(C)O[C@@H]1C[C@@H](C(=O)O)N(c2ncc(C#N)cc2Cl)C1. The molecular formula is C17H24ClN3O3Si. The molecular weight excluding hydrogens is 358 g/mol. The topological polar surface area (TPSA) is 86.5 Å². The van der Waals surface area contributed by atoms with Crippen molar-refractivity contribution in [3.05, 3.63) is 22.8 Å². The van der Waals surface area contributed by atoms with E-state index in [0.29, 0.717) is 24.3 Å². The standard InChI is InChI=1S/C17H24ClN3O3Si/c1-17(2,3)25(4,5)24-12-7-14(16(22)23)21(10-12)15-13(18)6-11(8-19)9-20-15/h6,9,12,14H,7,10H2,1-5H3,(H,22,23)/t12-,14+/m1/s1. The van der Waals surface area contributed by atoms with E-state index >= 15 is 0 Å². The zero-order valence-corrected chi connectivity index (χ0v) is 17.0. The smallest absolute Gasteiger partial charge is 0.326 e. The minimum atomic E-state index is -2.01. The van der Waals surface area contributed by atoms with Gasteiger partial charge in [-0.15, -0.1) is 0 Å². The Kier molecular flexibility index (Phi) is 5.47. The summed E-state index contributed by atoms with van der Waals surface area (Å²) in [7, 11) is -2.01. The second-order valence-corrected chi connectivity index (χ2v) is 13.0. The average Bonchev–Trinajstić information content (AvgIpc) is 2.89. The number of carboxylic acid groups (broad SMARTS) is 1. The summed E-state index contributed by atoms with van der Waals surface area (Å²) < 4.78 is 6.39.